The molecular weight excluding hydrogens is 431 g/mol. The van der Waals surface area contributed by atoms with Crippen molar-refractivity contribution in [2.45, 2.75) is 19.1 Å². The Morgan fingerprint density at radius 1 is 0.969 bits per heavy atom. The number of imide groups is 1. The van der Waals surface area contributed by atoms with Crippen LogP contribution in [-0.2, 0) is 28.5 Å². The third-order valence-electron chi connectivity index (χ3n) is 5.76. The summed E-state index contributed by atoms with van der Waals surface area (Å²) in [4.78, 5) is 32.8. The van der Waals surface area contributed by atoms with Crippen LogP contribution in [0.15, 0.2) is 59.6 Å². The highest BCUT2D eigenvalue weighted by atomic mass is 31.2. The molecule has 0 spiro atoms. The molecule has 32 heavy (non-hydrogen) atoms. The molecule has 4 rings (SSSR count). The lowest BCUT2D eigenvalue weighted by molar-refractivity contribution is -0.123. The summed E-state index contributed by atoms with van der Waals surface area (Å²) in [5, 5.41) is -1.65. The molecule has 0 aromatic heterocycles. The highest BCUT2D eigenvalue weighted by molar-refractivity contribution is 7.55. The third-order valence-corrected chi connectivity index (χ3v) is 8.44. The van der Waals surface area contributed by atoms with Crippen LogP contribution >= 0.6 is 7.60 Å². The van der Waals surface area contributed by atoms with Crippen LogP contribution in [0.25, 0.3) is 0 Å². The van der Waals surface area contributed by atoms with E-state index in [2.05, 4.69) is 4.99 Å². The van der Waals surface area contributed by atoms with Gasteiger partial charge in [0.2, 0.25) is 11.8 Å². The summed E-state index contributed by atoms with van der Waals surface area (Å²) in [5.41, 5.74) is 0.917. The Morgan fingerprint density at radius 2 is 1.59 bits per heavy atom. The van der Waals surface area contributed by atoms with Crippen molar-refractivity contribution in [2.24, 2.45) is 16.8 Å². The fourth-order valence-corrected chi connectivity index (χ4v) is 6.87. The van der Waals surface area contributed by atoms with Gasteiger partial charge in [-0.05, 0) is 43.7 Å². The van der Waals surface area contributed by atoms with Crippen molar-refractivity contribution in [3.05, 3.63) is 60.2 Å². The third kappa shape index (κ3) is 3.22. The van der Waals surface area contributed by atoms with Gasteiger partial charge < -0.3 is 13.8 Å². The lowest BCUT2D eigenvalue weighted by Crippen LogP contribution is -2.40. The lowest BCUT2D eigenvalue weighted by atomic mass is 9.87. The Balaban J connectivity index is 1.87. The van der Waals surface area contributed by atoms with Crippen LogP contribution in [0.3, 0.4) is 0 Å². The van der Waals surface area contributed by atoms with Crippen LogP contribution in [0.4, 0.5) is 5.69 Å². The number of nitrogens with zero attached hydrogens (tertiary/aromatic N) is 2. The van der Waals surface area contributed by atoms with Crippen LogP contribution in [0, 0.1) is 11.8 Å². The number of anilines is 1. The van der Waals surface area contributed by atoms with E-state index in [4.69, 9.17) is 13.8 Å². The first-order valence-electron chi connectivity index (χ1n) is 10.5. The van der Waals surface area contributed by atoms with Gasteiger partial charge in [-0.25, -0.2) is 4.90 Å². The molecule has 0 saturated carbocycles. The first kappa shape index (κ1) is 22.4. The van der Waals surface area contributed by atoms with Crippen LogP contribution in [0.2, 0.25) is 0 Å². The molecule has 2 aliphatic heterocycles. The molecule has 2 aromatic rings. The minimum absolute atomic E-state index is 0.100. The van der Waals surface area contributed by atoms with Gasteiger partial charge in [-0.2, -0.15) is 0 Å². The molecule has 8 nitrogen and oxygen atoms in total. The van der Waals surface area contributed by atoms with E-state index in [0.717, 1.165) is 4.90 Å². The monoisotopic (exact) mass is 456 g/mol. The highest BCUT2D eigenvalue weighted by Gasteiger charge is 2.69. The standard InChI is InChI=1S/C23H25N2O6P/c1-4-30-32(28,31-5-2)23(16-9-7-6-8-10-16)20-19(15-24-23)21(26)25(22(20)27)17-11-13-18(29-3)14-12-17/h6-15,19-20H,4-5H2,1-3H3/t19-,20+,23+/m1/s1. The maximum Gasteiger partial charge on any atom is 0.363 e. The van der Waals surface area contributed by atoms with Crippen molar-refractivity contribution in [3.8, 4) is 5.75 Å². The largest absolute Gasteiger partial charge is 0.497 e. The van der Waals surface area contributed by atoms with Gasteiger partial charge in [0.1, 0.15) is 5.75 Å². The Kier molecular flexibility index (Phi) is 6.03. The predicted molar refractivity (Wildman–Crippen MR) is 120 cm³/mol. The van der Waals surface area contributed by atoms with Crippen molar-refractivity contribution in [1.29, 1.82) is 0 Å². The van der Waals surface area contributed by atoms with Crippen molar-refractivity contribution in [3.63, 3.8) is 0 Å². The minimum atomic E-state index is -4.00. The number of hydrogen-bond acceptors (Lipinski definition) is 7. The number of methoxy groups -OCH3 is 1. The van der Waals surface area contributed by atoms with Crippen molar-refractivity contribution >= 4 is 31.3 Å². The molecule has 1 fully saturated rings. The van der Waals surface area contributed by atoms with Gasteiger partial charge in [-0.3, -0.25) is 19.1 Å². The van der Waals surface area contributed by atoms with Crippen LogP contribution in [0.1, 0.15) is 19.4 Å². The quantitative estimate of drug-likeness (QED) is 0.440. The highest BCUT2D eigenvalue weighted by Crippen LogP contribution is 2.72. The number of fused-ring (bicyclic) bond motifs is 1. The maximum absolute atomic E-state index is 14.2. The van der Waals surface area contributed by atoms with Crippen LogP contribution < -0.4 is 9.64 Å². The van der Waals surface area contributed by atoms with Gasteiger partial charge in [0.25, 0.3) is 0 Å². The summed E-state index contributed by atoms with van der Waals surface area (Å²) in [7, 11) is -2.47. The van der Waals surface area contributed by atoms with E-state index >= 15 is 0 Å². The van der Waals surface area contributed by atoms with E-state index in [1.54, 1.807) is 62.4 Å². The number of carbonyl (C=O) groups is 2. The van der Waals surface area contributed by atoms with Gasteiger partial charge in [0.05, 0.1) is 37.8 Å². The second kappa shape index (κ2) is 8.62. The Labute approximate surface area is 186 Å². The van der Waals surface area contributed by atoms with Crippen molar-refractivity contribution in [2.75, 3.05) is 25.2 Å². The van der Waals surface area contributed by atoms with Gasteiger partial charge >= 0.3 is 7.60 Å². The molecule has 2 amide bonds. The molecule has 9 heteroatoms. The lowest BCUT2D eigenvalue weighted by Gasteiger charge is -2.37. The molecule has 2 heterocycles. The Hall–Kier alpha value is -2.80. The molecule has 1 saturated heterocycles. The number of rotatable bonds is 8. The van der Waals surface area contributed by atoms with Crippen molar-refractivity contribution in [1.82, 2.24) is 0 Å². The van der Waals surface area contributed by atoms with Crippen molar-refractivity contribution < 1.29 is 27.9 Å². The Morgan fingerprint density at radius 3 is 2.16 bits per heavy atom. The number of hydrogen-bond donors (Lipinski definition) is 0. The smallest absolute Gasteiger partial charge is 0.363 e. The zero-order chi connectivity index (χ0) is 22.9. The minimum Gasteiger partial charge on any atom is -0.497 e. The van der Waals surface area contributed by atoms with E-state index in [0.29, 0.717) is 17.0 Å². The first-order valence-corrected chi connectivity index (χ1v) is 12.0. The van der Waals surface area contributed by atoms with Crippen LogP contribution in [-0.4, -0.2) is 38.4 Å². The summed E-state index contributed by atoms with van der Waals surface area (Å²) in [6.07, 6.45) is 1.42. The van der Waals surface area contributed by atoms with Gasteiger partial charge in [0, 0.05) is 6.21 Å². The normalized spacial score (nSPS) is 24.8. The molecule has 0 N–H and O–H groups in total. The topological polar surface area (TPSA) is 94.5 Å². The Bertz CT molecular complexity index is 1080. The number of carbonyl (C=O) groups excluding carboxylic acids is 2. The summed E-state index contributed by atoms with van der Waals surface area (Å²) in [6, 6.07) is 15.4. The number of aliphatic imine (C=N–C) groups is 1. The van der Waals surface area contributed by atoms with E-state index in [9.17, 15) is 14.2 Å². The van der Waals surface area contributed by atoms with Crippen LogP contribution in [0.5, 0.6) is 5.75 Å². The summed E-state index contributed by atoms with van der Waals surface area (Å²) >= 11 is 0. The fourth-order valence-electron chi connectivity index (χ4n) is 4.44. The average Bonchev–Trinajstić information content (AvgIpc) is 3.33. The van der Waals surface area contributed by atoms with E-state index in [1.165, 1.54) is 13.3 Å². The first-order chi connectivity index (χ1) is 15.4. The predicted octanol–water partition coefficient (Wildman–Crippen LogP) is 4.00. The molecule has 3 atom stereocenters. The molecule has 0 aliphatic carbocycles. The number of amides is 2. The molecule has 2 aromatic carbocycles. The molecule has 0 bridgehead atoms. The molecule has 168 valence electrons. The zero-order valence-corrected chi connectivity index (χ0v) is 19.0. The second-order valence-corrected chi connectivity index (χ2v) is 9.61. The van der Waals surface area contributed by atoms with Gasteiger partial charge in [-0.15, -0.1) is 0 Å². The van der Waals surface area contributed by atoms with E-state index in [1.807, 2.05) is 6.07 Å². The molecule has 2 aliphatic rings. The SMILES string of the molecule is CCOP(=O)(OCC)[C@]1(c2ccccc2)N=C[C@H]2C(=O)N(c3ccc(OC)cc3)C(=O)[C@H]21. The summed E-state index contributed by atoms with van der Waals surface area (Å²) in [5.74, 6) is -2.25. The average molecular weight is 456 g/mol. The van der Waals surface area contributed by atoms with E-state index in [-0.39, 0.29) is 13.2 Å². The summed E-state index contributed by atoms with van der Waals surface area (Å²) in [6.45, 7) is 3.60. The molecule has 0 unspecified atom stereocenters. The zero-order valence-electron chi connectivity index (χ0n) is 18.1. The second-order valence-electron chi connectivity index (χ2n) is 7.42. The van der Waals surface area contributed by atoms with E-state index < -0.39 is 36.5 Å². The molecule has 0 radical (unpaired) electrons. The van der Waals surface area contributed by atoms with Gasteiger partial charge in [-0.1, -0.05) is 30.3 Å². The summed E-state index contributed by atoms with van der Waals surface area (Å²) < 4.78 is 30.8. The molecular formula is C23H25N2O6P. The maximum atomic E-state index is 14.2. The fraction of sp³-hybridized carbons (Fsp3) is 0.348. The number of ether oxygens (including phenoxy) is 1. The number of benzene rings is 2. The van der Waals surface area contributed by atoms with Gasteiger partial charge in [0.15, 0.2) is 5.28 Å².